The molecule has 3 rings (SSSR count). The summed E-state index contributed by atoms with van der Waals surface area (Å²) in [7, 11) is -10.4. The first-order chi connectivity index (χ1) is 18.6. The van der Waals surface area contributed by atoms with Gasteiger partial charge in [-0.3, -0.25) is 9.11 Å². The zero-order valence-electron chi connectivity index (χ0n) is 22.7. The van der Waals surface area contributed by atoms with Crippen LogP contribution in [0, 0.1) is 0 Å². The molecule has 0 saturated heterocycles. The Morgan fingerprint density at radius 1 is 0.700 bits per heavy atom. The van der Waals surface area contributed by atoms with E-state index in [2.05, 4.69) is 0 Å². The van der Waals surface area contributed by atoms with Crippen molar-refractivity contribution in [3.63, 3.8) is 0 Å². The Hall–Kier alpha value is -3.36. The summed E-state index contributed by atoms with van der Waals surface area (Å²) in [4.78, 5) is 1.76. The molecule has 0 atom stereocenters. The van der Waals surface area contributed by atoms with Crippen LogP contribution >= 0.6 is 0 Å². The molecule has 11 nitrogen and oxygen atoms in total. The molecule has 0 amide bonds. The quantitative estimate of drug-likeness (QED) is 0.0950. The number of hydrogen-bond donors (Lipinski definition) is 5. The summed E-state index contributed by atoms with van der Waals surface area (Å²) in [6.07, 6.45) is 0. The number of nitrogens with zero attached hydrogens (tertiary/aromatic N) is 2. The highest BCUT2D eigenvalue weighted by atomic mass is 32.2. The lowest BCUT2D eigenvalue weighted by Gasteiger charge is -2.34. The van der Waals surface area contributed by atoms with E-state index in [9.17, 15) is 36.2 Å². The lowest BCUT2D eigenvalue weighted by Crippen LogP contribution is -2.33. The van der Waals surface area contributed by atoms with Crippen molar-refractivity contribution in [3.05, 3.63) is 71.3 Å². The lowest BCUT2D eigenvalue weighted by molar-refractivity contribution is 0.122. The zero-order valence-corrected chi connectivity index (χ0v) is 24.4. The second kappa shape index (κ2) is 11.6. The van der Waals surface area contributed by atoms with E-state index < -0.39 is 52.6 Å². The lowest BCUT2D eigenvalue weighted by atomic mass is 9.79. The molecule has 0 aliphatic carbocycles. The topological polar surface area (TPSA) is 182 Å². The van der Waals surface area contributed by atoms with Crippen molar-refractivity contribution < 1.29 is 36.2 Å². The van der Waals surface area contributed by atoms with E-state index in [0.29, 0.717) is 32.2 Å². The molecule has 40 heavy (non-hydrogen) atoms. The molecule has 3 aromatic carbocycles. The van der Waals surface area contributed by atoms with Crippen molar-refractivity contribution in [3.8, 4) is 5.75 Å². The summed E-state index contributed by atoms with van der Waals surface area (Å²) < 4.78 is 68.6. The fraction of sp³-hybridized carbons (Fsp3) is 0.333. The smallest absolute Gasteiger partial charge is 0.298 e. The summed E-state index contributed by atoms with van der Waals surface area (Å²) in [6.45, 7) is 10.7. The number of anilines is 3. The van der Waals surface area contributed by atoms with Gasteiger partial charge in [0.2, 0.25) is 0 Å². The van der Waals surface area contributed by atoms with E-state index in [0.717, 1.165) is 11.4 Å². The Labute approximate surface area is 235 Å². The molecule has 0 aromatic heterocycles. The number of nitrogens with two attached hydrogens (primary N) is 1. The van der Waals surface area contributed by atoms with Gasteiger partial charge in [0.15, 0.2) is 5.75 Å². The van der Waals surface area contributed by atoms with Crippen LogP contribution in [0.5, 0.6) is 5.75 Å². The van der Waals surface area contributed by atoms with E-state index in [1.54, 1.807) is 48.5 Å². The van der Waals surface area contributed by atoms with Gasteiger partial charge in [-0.2, -0.15) is 16.8 Å². The third-order valence-electron chi connectivity index (χ3n) is 7.01. The predicted octanol–water partition coefficient (Wildman–Crippen LogP) is 3.44. The van der Waals surface area contributed by atoms with Crippen molar-refractivity contribution in [2.45, 2.75) is 43.1 Å². The minimum absolute atomic E-state index is 0.120. The molecule has 0 heterocycles. The monoisotopic (exact) mass is 593 g/mol. The molecule has 0 bridgehead atoms. The average Bonchev–Trinajstić information content (AvgIpc) is 2.90. The molecular formula is C27H35N3O8S2. The summed E-state index contributed by atoms with van der Waals surface area (Å²) in [6, 6.07) is 13.4. The Balaban J connectivity index is 2.46. The molecule has 0 aliphatic rings. The van der Waals surface area contributed by atoms with Gasteiger partial charge >= 0.3 is 0 Å². The minimum Gasteiger partial charge on any atom is -0.504 e. The van der Waals surface area contributed by atoms with Gasteiger partial charge in [-0.25, -0.2) is 0 Å². The molecular weight excluding hydrogens is 558 g/mol. The van der Waals surface area contributed by atoms with Gasteiger partial charge in [-0.05, 0) is 69.2 Å². The van der Waals surface area contributed by atoms with Crippen LogP contribution in [0.15, 0.2) is 64.4 Å². The fourth-order valence-corrected chi connectivity index (χ4v) is 6.35. The van der Waals surface area contributed by atoms with Crippen LogP contribution < -0.4 is 15.5 Å². The fourth-order valence-electron chi connectivity index (χ4n) is 4.88. The van der Waals surface area contributed by atoms with Gasteiger partial charge < -0.3 is 25.7 Å². The molecule has 0 unspecified atom stereocenters. The maximum Gasteiger partial charge on any atom is 0.298 e. The number of phenolic OH excluding ortho intramolecular Hbond substituents is 1. The summed E-state index contributed by atoms with van der Waals surface area (Å²) in [5.74, 6) is -1.18. The first-order valence-corrected chi connectivity index (χ1v) is 15.6. The van der Waals surface area contributed by atoms with Crippen molar-refractivity contribution >= 4 is 37.3 Å². The Bertz CT molecular complexity index is 1510. The minimum atomic E-state index is -5.26. The van der Waals surface area contributed by atoms with Crippen LogP contribution in [-0.2, 0) is 25.8 Å². The first-order valence-electron chi connectivity index (χ1n) is 12.7. The Morgan fingerprint density at radius 2 is 1.05 bits per heavy atom. The maximum atomic E-state index is 12.6. The van der Waals surface area contributed by atoms with Crippen molar-refractivity contribution in [2.24, 2.45) is 0 Å². The molecule has 218 valence electrons. The van der Waals surface area contributed by atoms with E-state index in [1.807, 2.05) is 37.5 Å². The van der Waals surface area contributed by atoms with Gasteiger partial charge in [0, 0.05) is 43.1 Å². The highest BCUT2D eigenvalue weighted by molar-refractivity contribution is 7.86. The number of aromatic hydroxyl groups is 1. The van der Waals surface area contributed by atoms with Gasteiger partial charge in [-0.1, -0.05) is 24.3 Å². The number of aliphatic hydroxyl groups is 1. The molecule has 6 N–H and O–H groups in total. The van der Waals surface area contributed by atoms with Crippen molar-refractivity contribution in [1.82, 2.24) is 0 Å². The summed E-state index contributed by atoms with van der Waals surface area (Å²) in [5.41, 5.74) is 4.04. The maximum absolute atomic E-state index is 12.6. The third-order valence-corrected chi connectivity index (χ3v) is 8.76. The predicted molar refractivity (Wildman–Crippen MR) is 154 cm³/mol. The van der Waals surface area contributed by atoms with E-state index in [4.69, 9.17) is 5.73 Å². The van der Waals surface area contributed by atoms with Gasteiger partial charge in [0.1, 0.15) is 15.4 Å². The highest BCUT2D eigenvalue weighted by Gasteiger charge is 2.43. The van der Waals surface area contributed by atoms with E-state index >= 15 is 0 Å². The molecule has 13 heteroatoms. The number of benzene rings is 3. The van der Waals surface area contributed by atoms with Crippen LogP contribution in [0.25, 0.3) is 0 Å². The number of nitrogen functional groups attached to an aromatic ring is 1. The van der Waals surface area contributed by atoms with Gasteiger partial charge in [0.25, 0.3) is 20.2 Å². The van der Waals surface area contributed by atoms with Crippen LogP contribution in [0.3, 0.4) is 0 Å². The van der Waals surface area contributed by atoms with Crippen molar-refractivity contribution in [1.29, 1.82) is 0 Å². The molecule has 0 aliphatic heterocycles. The van der Waals surface area contributed by atoms with Crippen LogP contribution in [0.2, 0.25) is 0 Å². The average molecular weight is 594 g/mol. The second-order valence-electron chi connectivity index (χ2n) is 9.11. The third kappa shape index (κ3) is 5.74. The molecule has 0 spiro atoms. The van der Waals surface area contributed by atoms with Gasteiger partial charge in [-0.15, -0.1) is 0 Å². The standard InChI is InChI=1S/C27H35N3O8S2/c1-5-29(6-2)20-13-9-18(10-14-20)27(32,19-11-15-21(16-12-19)30(7-3)8-4)24-22(39(33,34)35)17-23(40(36,37)38)26(31)25(24)28/h9-17,31-32H,5-8,28H2,1-4H3,(H,33,34,35)(H,36,37,38). The number of hydrogen-bond acceptors (Lipinski definition) is 9. The van der Waals surface area contributed by atoms with E-state index in [-0.39, 0.29) is 11.1 Å². The number of rotatable bonds is 11. The largest absolute Gasteiger partial charge is 0.504 e. The second-order valence-corrected chi connectivity index (χ2v) is 11.9. The normalized spacial score (nSPS) is 12.4. The van der Waals surface area contributed by atoms with Gasteiger partial charge in [0.05, 0.1) is 5.69 Å². The zero-order chi connectivity index (χ0) is 30.0. The first kappa shape index (κ1) is 31.2. The molecule has 3 aromatic rings. The summed E-state index contributed by atoms with van der Waals surface area (Å²) in [5, 5.41) is 23.1. The molecule has 0 saturated carbocycles. The van der Waals surface area contributed by atoms with E-state index in [1.165, 1.54) is 0 Å². The highest BCUT2D eigenvalue weighted by Crippen LogP contribution is 2.48. The summed E-state index contributed by atoms with van der Waals surface area (Å²) >= 11 is 0. The number of phenols is 1. The molecule has 0 radical (unpaired) electrons. The van der Waals surface area contributed by atoms with Crippen LogP contribution in [0.4, 0.5) is 17.1 Å². The molecule has 0 fully saturated rings. The Morgan fingerprint density at radius 3 is 1.35 bits per heavy atom. The van der Waals surface area contributed by atoms with Crippen molar-refractivity contribution in [2.75, 3.05) is 41.7 Å². The van der Waals surface area contributed by atoms with Crippen LogP contribution in [0.1, 0.15) is 44.4 Å². The SMILES string of the molecule is CCN(CC)c1ccc(C(O)(c2ccc(N(CC)CC)cc2)c2c(S(=O)(=O)O)cc(S(=O)(=O)O)c(O)c2N)cc1. The van der Waals surface area contributed by atoms with Crippen LogP contribution in [-0.4, -0.2) is 62.3 Å². The Kier molecular flexibility index (Phi) is 9.06.